The highest BCUT2D eigenvalue weighted by Crippen LogP contribution is 2.25. The van der Waals surface area contributed by atoms with Crippen LogP contribution in [-0.4, -0.2) is 24.7 Å². The van der Waals surface area contributed by atoms with Crippen LogP contribution in [-0.2, 0) is 22.5 Å². The molecule has 20 heavy (non-hydrogen) atoms. The Balaban J connectivity index is 1.87. The van der Waals surface area contributed by atoms with E-state index in [0.717, 1.165) is 13.0 Å². The molecule has 0 radical (unpaired) electrons. The van der Waals surface area contributed by atoms with Gasteiger partial charge in [-0.2, -0.15) is 0 Å². The Labute approximate surface area is 120 Å². The number of rotatable bonds is 4. The van der Waals surface area contributed by atoms with Crippen LogP contribution in [0.25, 0.3) is 0 Å². The largest absolute Gasteiger partial charge is 0.459 e. The normalized spacial score (nSPS) is 14.3. The number of benzene rings is 1. The van der Waals surface area contributed by atoms with Gasteiger partial charge in [0.25, 0.3) is 0 Å². The fourth-order valence-electron chi connectivity index (χ4n) is 2.41. The minimum absolute atomic E-state index is 0.213. The molecule has 0 spiro atoms. The summed E-state index contributed by atoms with van der Waals surface area (Å²) in [5, 5.41) is 6.61. The molecule has 0 aliphatic carbocycles. The number of ether oxygens (including phenoxy) is 1. The molecule has 0 saturated carbocycles. The van der Waals surface area contributed by atoms with Gasteiger partial charge in [-0.1, -0.05) is 18.2 Å². The Bertz CT molecular complexity index is 478. The van der Waals surface area contributed by atoms with Crippen molar-refractivity contribution in [2.45, 2.75) is 45.8 Å². The highest BCUT2D eigenvalue weighted by molar-refractivity contribution is 5.72. The Morgan fingerprint density at radius 3 is 2.95 bits per heavy atom. The summed E-state index contributed by atoms with van der Waals surface area (Å²) in [5.74, 6) is -0.213. The molecule has 2 N–H and O–H groups in total. The molecule has 0 amide bonds. The maximum atomic E-state index is 11.6. The van der Waals surface area contributed by atoms with Crippen molar-refractivity contribution in [2.75, 3.05) is 18.4 Å². The van der Waals surface area contributed by atoms with Crippen LogP contribution >= 0.6 is 0 Å². The van der Waals surface area contributed by atoms with E-state index in [-0.39, 0.29) is 12.5 Å². The third-order valence-corrected chi connectivity index (χ3v) is 3.17. The van der Waals surface area contributed by atoms with Crippen LogP contribution < -0.4 is 10.6 Å². The second-order valence-corrected chi connectivity index (χ2v) is 6.17. The fraction of sp³-hybridized carbons (Fsp3) is 0.562. The zero-order valence-electron chi connectivity index (χ0n) is 12.6. The molecule has 4 heteroatoms. The van der Waals surface area contributed by atoms with E-state index < -0.39 is 5.60 Å². The SMILES string of the molecule is CC(C)(C)OC(=O)CNCc1cccc2c1NCCC2. The highest BCUT2D eigenvalue weighted by Gasteiger charge is 2.16. The minimum atomic E-state index is -0.424. The molecular weight excluding hydrogens is 252 g/mol. The van der Waals surface area contributed by atoms with Gasteiger partial charge in [0.15, 0.2) is 0 Å². The standard InChI is InChI=1S/C16H24N2O2/c1-16(2,3)20-14(19)11-17-10-13-7-4-6-12-8-5-9-18-15(12)13/h4,6-7,17-18H,5,8-11H2,1-3H3. The fourth-order valence-corrected chi connectivity index (χ4v) is 2.41. The van der Waals surface area contributed by atoms with Crippen LogP contribution in [0.3, 0.4) is 0 Å². The van der Waals surface area contributed by atoms with Gasteiger partial charge in [0, 0.05) is 18.8 Å². The Hall–Kier alpha value is -1.55. The summed E-state index contributed by atoms with van der Waals surface area (Å²) in [7, 11) is 0. The summed E-state index contributed by atoms with van der Waals surface area (Å²) >= 11 is 0. The van der Waals surface area contributed by atoms with Crippen molar-refractivity contribution in [3.63, 3.8) is 0 Å². The molecule has 0 unspecified atom stereocenters. The van der Waals surface area contributed by atoms with E-state index in [1.54, 1.807) is 0 Å². The number of carbonyl (C=O) groups excluding carboxylic acids is 1. The van der Waals surface area contributed by atoms with Crippen molar-refractivity contribution in [3.8, 4) is 0 Å². The first kappa shape index (κ1) is 14.9. The van der Waals surface area contributed by atoms with Crippen molar-refractivity contribution >= 4 is 11.7 Å². The van der Waals surface area contributed by atoms with E-state index in [2.05, 4.69) is 28.8 Å². The van der Waals surface area contributed by atoms with Gasteiger partial charge in [-0.25, -0.2) is 0 Å². The van der Waals surface area contributed by atoms with Gasteiger partial charge in [-0.05, 0) is 44.7 Å². The second-order valence-electron chi connectivity index (χ2n) is 6.17. The van der Waals surface area contributed by atoms with Crippen LogP contribution in [0.2, 0.25) is 0 Å². The number of anilines is 1. The van der Waals surface area contributed by atoms with Gasteiger partial charge < -0.3 is 15.4 Å². The lowest BCUT2D eigenvalue weighted by Gasteiger charge is -2.22. The Kier molecular flexibility index (Phi) is 4.65. The molecule has 1 aromatic rings. The number of hydrogen-bond donors (Lipinski definition) is 2. The van der Waals surface area contributed by atoms with E-state index in [0.29, 0.717) is 6.54 Å². The lowest BCUT2D eigenvalue weighted by molar-refractivity contribution is -0.153. The molecule has 1 heterocycles. The van der Waals surface area contributed by atoms with Gasteiger partial charge in [-0.3, -0.25) is 4.79 Å². The number of hydrogen-bond acceptors (Lipinski definition) is 4. The lowest BCUT2D eigenvalue weighted by Crippen LogP contribution is -2.31. The maximum absolute atomic E-state index is 11.6. The van der Waals surface area contributed by atoms with E-state index in [4.69, 9.17) is 4.74 Å². The zero-order valence-corrected chi connectivity index (χ0v) is 12.6. The van der Waals surface area contributed by atoms with Crippen LogP contribution in [0.1, 0.15) is 38.3 Å². The minimum Gasteiger partial charge on any atom is -0.459 e. The molecular formula is C16H24N2O2. The number of fused-ring (bicyclic) bond motifs is 1. The Morgan fingerprint density at radius 1 is 1.40 bits per heavy atom. The summed E-state index contributed by atoms with van der Waals surface area (Å²) < 4.78 is 5.27. The van der Waals surface area contributed by atoms with Crippen molar-refractivity contribution in [1.82, 2.24) is 5.32 Å². The molecule has 1 aromatic carbocycles. The molecule has 0 atom stereocenters. The van der Waals surface area contributed by atoms with E-state index >= 15 is 0 Å². The van der Waals surface area contributed by atoms with Crippen LogP contribution in [0.5, 0.6) is 0 Å². The smallest absolute Gasteiger partial charge is 0.320 e. The quantitative estimate of drug-likeness (QED) is 0.830. The summed E-state index contributed by atoms with van der Waals surface area (Å²) in [6.45, 7) is 7.57. The predicted molar refractivity (Wildman–Crippen MR) is 80.8 cm³/mol. The third kappa shape index (κ3) is 4.23. The first-order valence-corrected chi connectivity index (χ1v) is 7.23. The van der Waals surface area contributed by atoms with Crippen LogP contribution in [0.15, 0.2) is 18.2 Å². The van der Waals surface area contributed by atoms with Crippen molar-refractivity contribution in [1.29, 1.82) is 0 Å². The average Bonchev–Trinajstić information content (AvgIpc) is 2.37. The van der Waals surface area contributed by atoms with E-state index in [9.17, 15) is 4.79 Å². The molecule has 1 aliphatic heterocycles. The maximum Gasteiger partial charge on any atom is 0.320 e. The number of para-hydroxylation sites is 1. The van der Waals surface area contributed by atoms with Gasteiger partial charge in [0.05, 0.1) is 6.54 Å². The monoisotopic (exact) mass is 276 g/mol. The van der Waals surface area contributed by atoms with Crippen molar-refractivity contribution < 1.29 is 9.53 Å². The van der Waals surface area contributed by atoms with Gasteiger partial charge in [-0.15, -0.1) is 0 Å². The molecule has 0 bridgehead atoms. The summed E-state index contributed by atoms with van der Waals surface area (Å²) in [6, 6.07) is 6.34. The zero-order chi connectivity index (χ0) is 14.6. The average molecular weight is 276 g/mol. The summed E-state index contributed by atoms with van der Waals surface area (Å²) in [4.78, 5) is 11.6. The first-order valence-electron chi connectivity index (χ1n) is 7.23. The first-order chi connectivity index (χ1) is 9.46. The molecule has 1 aliphatic rings. The molecule has 4 nitrogen and oxygen atoms in total. The summed E-state index contributed by atoms with van der Waals surface area (Å²) in [5.41, 5.74) is 3.39. The van der Waals surface area contributed by atoms with Gasteiger partial charge in [0.2, 0.25) is 0 Å². The highest BCUT2D eigenvalue weighted by atomic mass is 16.6. The van der Waals surface area contributed by atoms with E-state index in [1.165, 1.54) is 23.2 Å². The topological polar surface area (TPSA) is 50.4 Å². The third-order valence-electron chi connectivity index (χ3n) is 3.17. The van der Waals surface area contributed by atoms with Crippen molar-refractivity contribution in [2.24, 2.45) is 0 Å². The number of esters is 1. The molecule has 110 valence electrons. The van der Waals surface area contributed by atoms with Crippen LogP contribution in [0, 0.1) is 0 Å². The Morgan fingerprint density at radius 2 is 2.20 bits per heavy atom. The number of carbonyl (C=O) groups is 1. The lowest BCUT2D eigenvalue weighted by atomic mass is 9.99. The van der Waals surface area contributed by atoms with Crippen LogP contribution in [0.4, 0.5) is 5.69 Å². The molecule has 2 rings (SSSR count). The van der Waals surface area contributed by atoms with Crippen molar-refractivity contribution in [3.05, 3.63) is 29.3 Å². The van der Waals surface area contributed by atoms with Gasteiger partial charge >= 0.3 is 5.97 Å². The number of aryl methyl sites for hydroxylation is 1. The molecule has 0 fully saturated rings. The molecule has 0 saturated heterocycles. The number of nitrogens with one attached hydrogen (secondary N) is 2. The second kappa shape index (κ2) is 6.27. The van der Waals surface area contributed by atoms with E-state index in [1.807, 2.05) is 20.8 Å². The summed E-state index contributed by atoms with van der Waals surface area (Å²) in [6.07, 6.45) is 2.31. The predicted octanol–water partition coefficient (Wildman–Crippen LogP) is 2.48. The van der Waals surface area contributed by atoms with Gasteiger partial charge in [0.1, 0.15) is 5.60 Å². The molecule has 0 aromatic heterocycles.